The summed E-state index contributed by atoms with van der Waals surface area (Å²) in [5.74, 6) is -0.769. The molecule has 0 saturated carbocycles. The van der Waals surface area contributed by atoms with Crippen LogP contribution in [0, 0.1) is 0 Å². The molecule has 0 aliphatic rings. The van der Waals surface area contributed by atoms with E-state index in [0.29, 0.717) is 23.0 Å². The summed E-state index contributed by atoms with van der Waals surface area (Å²) >= 11 is 0. The van der Waals surface area contributed by atoms with E-state index in [9.17, 15) is 14.4 Å². The molecule has 2 rings (SSSR count). The van der Waals surface area contributed by atoms with Gasteiger partial charge in [0.05, 0.1) is 12.1 Å². The van der Waals surface area contributed by atoms with Crippen LogP contribution in [-0.4, -0.2) is 41.9 Å². The highest BCUT2D eigenvalue weighted by atomic mass is 16.5. The Balaban J connectivity index is 2.61. The average molecular weight is 356 g/mol. The molecular weight excluding hydrogens is 332 g/mol. The molecular formula is C20H24N2O4. The molecule has 6 heteroatoms. The summed E-state index contributed by atoms with van der Waals surface area (Å²) in [5.41, 5.74) is 1.56. The van der Waals surface area contributed by atoms with E-state index >= 15 is 0 Å². The number of rotatable bonds is 6. The second-order valence-electron chi connectivity index (χ2n) is 6.15. The number of carbonyl (C=O) groups excluding carboxylic acids is 2. The molecule has 0 radical (unpaired) electrons. The second kappa shape index (κ2) is 7.99. The molecule has 0 aliphatic heterocycles. The van der Waals surface area contributed by atoms with Gasteiger partial charge in [0, 0.05) is 49.6 Å². The highest BCUT2D eigenvalue weighted by Gasteiger charge is 2.17. The molecule has 0 saturated heterocycles. The Kier molecular flexibility index (Phi) is 5.97. The zero-order valence-electron chi connectivity index (χ0n) is 15.8. The number of aromatic nitrogens is 1. The first-order chi connectivity index (χ1) is 12.3. The Morgan fingerprint density at radius 1 is 1.23 bits per heavy atom. The summed E-state index contributed by atoms with van der Waals surface area (Å²) in [5, 5.41) is 0.391. The first-order valence-electron chi connectivity index (χ1n) is 8.54. The summed E-state index contributed by atoms with van der Waals surface area (Å²) < 4.78 is 6.75. The lowest BCUT2D eigenvalue weighted by atomic mass is 10.0. The van der Waals surface area contributed by atoms with Gasteiger partial charge in [0.15, 0.2) is 5.78 Å². The van der Waals surface area contributed by atoms with Gasteiger partial charge in [-0.2, -0.15) is 0 Å². The molecule has 6 nitrogen and oxygen atoms in total. The summed E-state index contributed by atoms with van der Waals surface area (Å²) in [6.45, 7) is 6.20. The van der Waals surface area contributed by atoms with Crippen molar-refractivity contribution < 1.29 is 14.3 Å². The number of fused-ring (bicyclic) bond motifs is 1. The van der Waals surface area contributed by atoms with E-state index in [1.807, 2.05) is 32.8 Å². The van der Waals surface area contributed by atoms with Gasteiger partial charge in [-0.25, -0.2) is 4.79 Å². The van der Waals surface area contributed by atoms with Crippen molar-refractivity contribution in [3.8, 4) is 0 Å². The van der Waals surface area contributed by atoms with Crippen LogP contribution in [0.1, 0.15) is 41.5 Å². The summed E-state index contributed by atoms with van der Waals surface area (Å²) in [6.07, 6.45) is 3.06. The molecule has 2 aromatic rings. The van der Waals surface area contributed by atoms with Crippen LogP contribution in [-0.2, 0) is 11.3 Å². The topological polar surface area (TPSA) is 68.6 Å². The van der Waals surface area contributed by atoms with E-state index in [4.69, 9.17) is 4.74 Å². The van der Waals surface area contributed by atoms with Crippen LogP contribution in [0.3, 0.4) is 0 Å². The molecule has 0 amide bonds. The van der Waals surface area contributed by atoms with E-state index in [0.717, 1.165) is 5.70 Å². The molecule has 0 unspecified atom stereocenters. The molecule has 138 valence electrons. The maximum Gasteiger partial charge on any atom is 0.343 e. The monoisotopic (exact) mass is 356 g/mol. The van der Waals surface area contributed by atoms with Crippen LogP contribution in [0.4, 0.5) is 0 Å². The van der Waals surface area contributed by atoms with Crippen molar-refractivity contribution in [2.45, 2.75) is 27.3 Å². The van der Waals surface area contributed by atoms with Crippen molar-refractivity contribution in [3.63, 3.8) is 0 Å². The third-order valence-electron chi connectivity index (χ3n) is 4.25. The van der Waals surface area contributed by atoms with Crippen molar-refractivity contribution in [2.24, 2.45) is 0 Å². The van der Waals surface area contributed by atoms with E-state index in [1.54, 1.807) is 35.8 Å². The number of esters is 1. The summed E-state index contributed by atoms with van der Waals surface area (Å²) in [4.78, 5) is 39.0. The number of ketones is 1. The molecule has 0 fully saturated rings. The number of aryl methyl sites for hydroxylation is 1. The Morgan fingerprint density at radius 3 is 2.50 bits per heavy atom. The number of hydrogen-bond donors (Lipinski definition) is 0. The third-order valence-corrected chi connectivity index (χ3v) is 4.25. The fraction of sp³-hybridized carbons (Fsp3) is 0.350. The van der Waals surface area contributed by atoms with Gasteiger partial charge >= 0.3 is 5.97 Å². The van der Waals surface area contributed by atoms with E-state index in [-0.39, 0.29) is 23.4 Å². The molecule has 26 heavy (non-hydrogen) atoms. The molecule has 0 bridgehead atoms. The smallest absolute Gasteiger partial charge is 0.343 e. The van der Waals surface area contributed by atoms with Gasteiger partial charge in [0.25, 0.3) is 0 Å². The van der Waals surface area contributed by atoms with Gasteiger partial charge in [-0.3, -0.25) is 9.59 Å². The van der Waals surface area contributed by atoms with Crippen molar-refractivity contribution in [3.05, 3.63) is 57.5 Å². The Morgan fingerprint density at radius 2 is 1.92 bits per heavy atom. The molecule has 0 N–H and O–H groups in total. The van der Waals surface area contributed by atoms with Crippen molar-refractivity contribution in [2.75, 3.05) is 20.7 Å². The standard InChI is InChI=1S/C20H24N2O4/c1-6-22-12-16(20(25)26-7-2)19(24)15-9-8-14(11-17(15)22)18(23)10-13(3)21(4)5/h8-12H,6-7H2,1-5H3/b13-10-. The Labute approximate surface area is 152 Å². The van der Waals surface area contributed by atoms with Crippen molar-refractivity contribution in [1.82, 2.24) is 9.47 Å². The maximum absolute atomic E-state index is 12.6. The zero-order chi connectivity index (χ0) is 19.4. The minimum atomic E-state index is -0.633. The summed E-state index contributed by atoms with van der Waals surface area (Å²) in [7, 11) is 3.73. The van der Waals surface area contributed by atoms with Crippen LogP contribution in [0.15, 0.2) is 41.0 Å². The van der Waals surface area contributed by atoms with Gasteiger partial charge in [-0.1, -0.05) is 6.07 Å². The molecule has 1 heterocycles. The van der Waals surface area contributed by atoms with Gasteiger partial charge in [0.1, 0.15) is 5.56 Å². The van der Waals surface area contributed by atoms with Crippen LogP contribution >= 0.6 is 0 Å². The maximum atomic E-state index is 12.6. The fourth-order valence-corrected chi connectivity index (χ4v) is 2.56. The third kappa shape index (κ3) is 3.85. The van der Waals surface area contributed by atoms with Gasteiger partial charge in [-0.05, 0) is 32.9 Å². The lowest BCUT2D eigenvalue weighted by Gasteiger charge is -2.13. The minimum Gasteiger partial charge on any atom is -0.462 e. The van der Waals surface area contributed by atoms with Crippen LogP contribution < -0.4 is 5.43 Å². The highest BCUT2D eigenvalue weighted by molar-refractivity contribution is 6.07. The highest BCUT2D eigenvalue weighted by Crippen LogP contribution is 2.17. The largest absolute Gasteiger partial charge is 0.462 e. The minimum absolute atomic E-state index is 0.00336. The van der Waals surface area contributed by atoms with E-state index < -0.39 is 5.97 Å². The number of carbonyl (C=O) groups is 2. The van der Waals surface area contributed by atoms with Crippen LogP contribution in [0.5, 0.6) is 0 Å². The van der Waals surface area contributed by atoms with Crippen LogP contribution in [0.25, 0.3) is 10.9 Å². The molecule has 0 aliphatic carbocycles. The van der Waals surface area contributed by atoms with Gasteiger partial charge in [0.2, 0.25) is 5.43 Å². The fourth-order valence-electron chi connectivity index (χ4n) is 2.56. The Hall–Kier alpha value is -2.89. The SMILES string of the molecule is CCOC(=O)c1cn(CC)c2cc(C(=O)/C=C(/C)N(C)C)ccc2c1=O. The molecule has 1 aromatic heterocycles. The Bertz CT molecular complexity index is 939. The first kappa shape index (κ1) is 19.4. The number of allylic oxidation sites excluding steroid dienone is 2. The predicted octanol–water partition coefficient (Wildman–Crippen LogP) is 2.85. The first-order valence-corrected chi connectivity index (χ1v) is 8.54. The zero-order valence-corrected chi connectivity index (χ0v) is 15.8. The number of ether oxygens (including phenoxy) is 1. The van der Waals surface area contributed by atoms with E-state index in [1.165, 1.54) is 6.20 Å². The quantitative estimate of drug-likeness (QED) is 0.452. The van der Waals surface area contributed by atoms with Gasteiger partial charge < -0.3 is 14.2 Å². The lowest BCUT2D eigenvalue weighted by molar-refractivity contribution is 0.0524. The second-order valence-corrected chi connectivity index (χ2v) is 6.15. The molecule has 0 spiro atoms. The lowest BCUT2D eigenvalue weighted by Crippen LogP contribution is -2.21. The summed E-state index contributed by atoms with van der Waals surface area (Å²) in [6, 6.07) is 4.90. The normalized spacial score (nSPS) is 11.5. The number of pyridine rings is 1. The molecule has 0 atom stereocenters. The average Bonchev–Trinajstić information content (AvgIpc) is 2.61. The van der Waals surface area contributed by atoms with Crippen molar-refractivity contribution >= 4 is 22.7 Å². The predicted molar refractivity (Wildman–Crippen MR) is 102 cm³/mol. The van der Waals surface area contributed by atoms with Gasteiger partial charge in [-0.15, -0.1) is 0 Å². The van der Waals surface area contributed by atoms with Crippen molar-refractivity contribution in [1.29, 1.82) is 0 Å². The number of benzene rings is 1. The number of hydrogen-bond acceptors (Lipinski definition) is 5. The molecule has 1 aromatic carbocycles. The van der Waals surface area contributed by atoms with E-state index in [2.05, 4.69) is 0 Å². The van der Waals surface area contributed by atoms with Crippen LogP contribution in [0.2, 0.25) is 0 Å². The number of nitrogens with zero attached hydrogens (tertiary/aromatic N) is 2.